The van der Waals surface area contributed by atoms with Gasteiger partial charge in [0.25, 0.3) is 5.91 Å². The number of aromatic nitrogens is 3. The lowest BCUT2D eigenvalue weighted by atomic mass is 10.0. The summed E-state index contributed by atoms with van der Waals surface area (Å²) in [6.45, 7) is 10.2. The van der Waals surface area contributed by atoms with Gasteiger partial charge in [-0.15, -0.1) is 0 Å². The third kappa shape index (κ3) is 3.30. The fourth-order valence-electron chi connectivity index (χ4n) is 4.22. The van der Waals surface area contributed by atoms with Crippen molar-refractivity contribution in [2.24, 2.45) is 0 Å². The van der Waals surface area contributed by atoms with Gasteiger partial charge in [-0.2, -0.15) is 0 Å². The first-order chi connectivity index (χ1) is 13.5. The molecule has 1 saturated heterocycles. The number of carbonyl (C=O) groups is 1. The highest BCUT2D eigenvalue weighted by Gasteiger charge is 2.28. The SMILES string of the molecule is CC(C)c1nc2cc(C(=O)N3CCC(c4cccnc4)C3)ccc2n1C(C)C. The van der Waals surface area contributed by atoms with Gasteiger partial charge in [-0.25, -0.2) is 4.98 Å². The standard InChI is InChI=1S/C23H28N4O/c1-15(2)22-25-20-12-17(7-8-21(20)27(22)16(3)4)23(28)26-11-9-19(14-26)18-6-5-10-24-13-18/h5-8,10,12-13,15-16,19H,9,11,14H2,1-4H3. The maximum absolute atomic E-state index is 13.1. The Morgan fingerprint density at radius 3 is 2.68 bits per heavy atom. The lowest BCUT2D eigenvalue weighted by Crippen LogP contribution is -2.28. The molecule has 1 aliphatic heterocycles. The molecule has 2 aromatic heterocycles. The summed E-state index contributed by atoms with van der Waals surface area (Å²) in [6, 6.07) is 10.4. The van der Waals surface area contributed by atoms with Crippen molar-refractivity contribution in [1.82, 2.24) is 19.4 Å². The molecule has 0 saturated carbocycles. The Balaban J connectivity index is 1.60. The van der Waals surface area contributed by atoms with E-state index in [2.05, 4.69) is 49.4 Å². The van der Waals surface area contributed by atoms with Gasteiger partial charge in [-0.05, 0) is 50.1 Å². The quantitative estimate of drug-likeness (QED) is 0.659. The number of carbonyl (C=O) groups excluding carboxylic acids is 1. The Morgan fingerprint density at radius 1 is 1.18 bits per heavy atom. The molecule has 1 unspecified atom stereocenters. The van der Waals surface area contributed by atoms with Gasteiger partial charge in [0.2, 0.25) is 0 Å². The maximum atomic E-state index is 13.1. The number of hydrogen-bond donors (Lipinski definition) is 0. The monoisotopic (exact) mass is 376 g/mol. The zero-order valence-electron chi connectivity index (χ0n) is 17.1. The Morgan fingerprint density at radius 2 is 2.00 bits per heavy atom. The van der Waals surface area contributed by atoms with Crippen molar-refractivity contribution in [1.29, 1.82) is 0 Å². The molecule has 1 fully saturated rings. The van der Waals surface area contributed by atoms with Gasteiger partial charge in [0.1, 0.15) is 5.82 Å². The highest BCUT2D eigenvalue weighted by Crippen LogP contribution is 2.30. The minimum Gasteiger partial charge on any atom is -0.338 e. The van der Waals surface area contributed by atoms with E-state index < -0.39 is 0 Å². The van der Waals surface area contributed by atoms with Crippen LogP contribution in [0.25, 0.3) is 11.0 Å². The topological polar surface area (TPSA) is 51.0 Å². The molecule has 0 spiro atoms. The second-order valence-electron chi connectivity index (χ2n) is 8.32. The third-order valence-corrected chi connectivity index (χ3v) is 5.63. The Labute approximate surface area is 166 Å². The normalized spacial score (nSPS) is 17.2. The van der Waals surface area contributed by atoms with Crippen molar-refractivity contribution in [3.8, 4) is 0 Å². The molecule has 0 radical (unpaired) electrons. The average Bonchev–Trinajstić information content (AvgIpc) is 3.32. The lowest BCUT2D eigenvalue weighted by molar-refractivity contribution is 0.0791. The number of fused-ring (bicyclic) bond motifs is 1. The molecule has 0 bridgehead atoms. The van der Waals surface area contributed by atoms with E-state index in [0.717, 1.165) is 41.9 Å². The van der Waals surface area contributed by atoms with Crippen molar-refractivity contribution < 1.29 is 4.79 Å². The molecule has 5 nitrogen and oxygen atoms in total. The van der Waals surface area contributed by atoms with Gasteiger partial charge >= 0.3 is 0 Å². The Kier molecular flexibility index (Phi) is 4.92. The number of benzene rings is 1. The number of hydrogen-bond acceptors (Lipinski definition) is 3. The van der Waals surface area contributed by atoms with Crippen LogP contribution in [0.1, 0.15) is 73.7 Å². The van der Waals surface area contributed by atoms with Crippen LogP contribution in [0, 0.1) is 0 Å². The molecule has 1 atom stereocenters. The summed E-state index contributed by atoms with van der Waals surface area (Å²) in [5, 5.41) is 0. The van der Waals surface area contributed by atoms with Crippen molar-refractivity contribution in [2.75, 3.05) is 13.1 Å². The van der Waals surface area contributed by atoms with Crippen molar-refractivity contribution in [3.63, 3.8) is 0 Å². The predicted molar refractivity (Wildman–Crippen MR) is 112 cm³/mol. The van der Waals surface area contributed by atoms with Gasteiger partial charge in [0.15, 0.2) is 0 Å². The van der Waals surface area contributed by atoms with Crippen LogP contribution < -0.4 is 0 Å². The number of amides is 1. The molecular formula is C23H28N4O. The summed E-state index contributed by atoms with van der Waals surface area (Å²) in [7, 11) is 0. The minimum atomic E-state index is 0.0958. The van der Waals surface area contributed by atoms with E-state index in [1.807, 2.05) is 29.3 Å². The molecule has 5 heteroatoms. The van der Waals surface area contributed by atoms with Crippen molar-refractivity contribution >= 4 is 16.9 Å². The number of likely N-dealkylation sites (tertiary alicyclic amines) is 1. The first kappa shape index (κ1) is 18.7. The fourth-order valence-corrected chi connectivity index (χ4v) is 4.22. The molecule has 4 rings (SSSR count). The summed E-state index contributed by atoms with van der Waals surface area (Å²) >= 11 is 0. The molecule has 1 amide bonds. The number of pyridine rings is 1. The summed E-state index contributed by atoms with van der Waals surface area (Å²) in [4.78, 5) is 24.1. The van der Waals surface area contributed by atoms with E-state index in [1.165, 1.54) is 5.56 Å². The van der Waals surface area contributed by atoms with Crippen LogP contribution in [-0.2, 0) is 0 Å². The Bertz CT molecular complexity index is 991. The smallest absolute Gasteiger partial charge is 0.253 e. The van der Waals surface area contributed by atoms with Crippen LogP contribution in [-0.4, -0.2) is 38.4 Å². The van der Waals surface area contributed by atoms with Gasteiger partial charge in [0, 0.05) is 48.9 Å². The van der Waals surface area contributed by atoms with Crippen molar-refractivity contribution in [2.45, 2.75) is 52.0 Å². The molecular weight excluding hydrogens is 348 g/mol. The molecule has 3 aromatic rings. The first-order valence-corrected chi connectivity index (χ1v) is 10.2. The van der Waals surface area contributed by atoms with Crippen LogP contribution in [0.2, 0.25) is 0 Å². The van der Waals surface area contributed by atoms with E-state index in [0.29, 0.717) is 17.9 Å². The predicted octanol–water partition coefficient (Wildman–Crippen LogP) is 4.77. The maximum Gasteiger partial charge on any atom is 0.253 e. The van der Waals surface area contributed by atoms with Crippen LogP contribution in [0.15, 0.2) is 42.7 Å². The number of rotatable bonds is 4. The van der Waals surface area contributed by atoms with Gasteiger partial charge in [-0.1, -0.05) is 19.9 Å². The second-order valence-corrected chi connectivity index (χ2v) is 8.32. The molecule has 28 heavy (non-hydrogen) atoms. The van der Waals surface area contributed by atoms with Crippen LogP contribution in [0.4, 0.5) is 0 Å². The lowest BCUT2D eigenvalue weighted by Gasteiger charge is -2.17. The molecule has 1 aliphatic rings. The zero-order valence-corrected chi connectivity index (χ0v) is 17.1. The van der Waals surface area contributed by atoms with E-state index in [1.54, 1.807) is 6.20 Å². The van der Waals surface area contributed by atoms with Gasteiger partial charge in [-0.3, -0.25) is 9.78 Å². The number of nitrogens with zero attached hydrogens (tertiary/aromatic N) is 4. The number of imidazole rings is 1. The zero-order chi connectivity index (χ0) is 19.8. The third-order valence-electron chi connectivity index (χ3n) is 5.63. The van der Waals surface area contributed by atoms with E-state index in [-0.39, 0.29) is 5.91 Å². The fraction of sp³-hybridized carbons (Fsp3) is 0.435. The van der Waals surface area contributed by atoms with Crippen LogP contribution in [0.3, 0.4) is 0 Å². The van der Waals surface area contributed by atoms with Gasteiger partial charge in [0.05, 0.1) is 11.0 Å². The highest BCUT2D eigenvalue weighted by atomic mass is 16.2. The summed E-state index contributed by atoms with van der Waals surface area (Å²) in [5.41, 5.74) is 3.95. The summed E-state index contributed by atoms with van der Waals surface area (Å²) < 4.78 is 2.28. The van der Waals surface area contributed by atoms with Crippen LogP contribution >= 0.6 is 0 Å². The second kappa shape index (κ2) is 7.38. The molecule has 146 valence electrons. The molecule has 3 heterocycles. The highest BCUT2D eigenvalue weighted by molar-refractivity contribution is 5.97. The van der Waals surface area contributed by atoms with Gasteiger partial charge < -0.3 is 9.47 Å². The van der Waals surface area contributed by atoms with Crippen LogP contribution in [0.5, 0.6) is 0 Å². The summed E-state index contributed by atoms with van der Waals surface area (Å²) in [6.07, 6.45) is 4.69. The average molecular weight is 377 g/mol. The van der Waals surface area contributed by atoms with E-state index in [4.69, 9.17) is 4.98 Å². The molecule has 0 aliphatic carbocycles. The largest absolute Gasteiger partial charge is 0.338 e. The molecule has 0 N–H and O–H groups in total. The molecule has 1 aromatic carbocycles. The summed E-state index contributed by atoms with van der Waals surface area (Å²) in [5.74, 6) is 1.88. The van der Waals surface area contributed by atoms with E-state index >= 15 is 0 Å². The minimum absolute atomic E-state index is 0.0958. The Hall–Kier alpha value is -2.69. The first-order valence-electron chi connectivity index (χ1n) is 10.2. The van der Waals surface area contributed by atoms with E-state index in [9.17, 15) is 4.79 Å². The van der Waals surface area contributed by atoms with Crippen molar-refractivity contribution in [3.05, 3.63) is 59.7 Å².